The van der Waals surface area contributed by atoms with Crippen LogP contribution in [0.1, 0.15) is 11.1 Å². The molecule has 0 radical (unpaired) electrons. The summed E-state index contributed by atoms with van der Waals surface area (Å²) in [6, 6.07) is 18.4. The van der Waals surface area contributed by atoms with Crippen molar-refractivity contribution in [3.63, 3.8) is 0 Å². The first-order chi connectivity index (χ1) is 12.3. The number of aliphatic hydroxyl groups excluding tert-OH is 1. The fourth-order valence-corrected chi connectivity index (χ4v) is 3.04. The molecule has 25 heavy (non-hydrogen) atoms. The SMILES string of the molecule is OCCc1ccc(NN2C=Nc3[nH]cc(-c4ccccc4)c3C2)cc1. The van der Waals surface area contributed by atoms with Gasteiger partial charge in [0.25, 0.3) is 0 Å². The molecule has 1 aliphatic heterocycles. The number of hydrogen-bond acceptors (Lipinski definition) is 4. The Hall–Kier alpha value is -3.05. The number of aromatic nitrogens is 1. The molecule has 2 aromatic carbocycles. The summed E-state index contributed by atoms with van der Waals surface area (Å²) < 4.78 is 0. The van der Waals surface area contributed by atoms with Crippen molar-refractivity contribution in [2.24, 2.45) is 4.99 Å². The number of rotatable bonds is 5. The predicted octanol–water partition coefficient (Wildman–Crippen LogP) is 3.72. The number of benzene rings is 2. The maximum Gasteiger partial charge on any atom is 0.137 e. The van der Waals surface area contributed by atoms with Crippen LogP contribution in [-0.4, -0.2) is 28.0 Å². The van der Waals surface area contributed by atoms with Crippen LogP contribution in [0, 0.1) is 0 Å². The molecule has 0 atom stereocenters. The molecule has 0 saturated carbocycles. The van der Waals surface area contributed by atoms with Crippen molar-refractivity contribution in [3.05, 3.63) is 71.9 Å². The second-order valence-electron chi connectivity index (χ2n) is 6.05. The Kier molecular flexibility index (Phi) is 4.23. The van der Waals surface area contributed by atoms with E-state index in [0.717, 1.165) is 23.6 Å². The molecule has 0 amide bonds. The smallest absolute Gasteiger partial charge is 0.137 e. The van der Waals surface area contributed by atoms with E-state index in [1.807, 2.05) is 53.7 Å². The van der Waals surface area contributed by atoms with Crippen molar-refractivity contribution in [3.8, 4) is 11.1 Å². The number of anilines is 1. The lowest BCUT2D eigenvalue weighted by Crippen LogP contribution is -2.29. The number of hydrazine groups is 1. The van der Waals surface area contributed by atoms with Crippen LogP contribution >= 0.6 is 0 Å². The van der Waals surface area contributed by atoms with Crippen LogP contribution in [0.3, 0.4) is 0 Å². The standard InChI is InChI=1S/C20H20N4O/c25-11-10-15-6-8-17(9-7-15)23-24-13-19-18(12-21-20(19)22-14-24)16-4-2-1-3-5-16/h1-9,12,14,21,23,25H,10-11,13H2. The Morgan fingerprint density at radius 2 is 1.88 bits per heavy atom. The summed E-state index contributed by atoms with van der Waals surface area (Å²) in [6.07, 6.45) is 4.50. The van der Waals surface area contributed by atoms with Gasteiger partial charge in [0.05, 0.1) is 12.2 Å². The zero-order chi connectivity index (χ0) is 17.1. The quantitative estimate of drug-likeness (QED) is 0.667. The van der Waals surface area contributed by atoms with Gasteiger partial charge in [0.1, 0.15) is 12.2 Å². The van der Waals surface area contributed by atoms with Gasteiger partial charge in [0, 0.05) is 23.9 Å². The van der Waals surface area contributed by atoms with Gasteiger partial charge in [-0.25, -0.2) is 4.99 Å². The van der Waals surface area contributed by atoms with Gasteiger partial charge in [-0.15, -0.1) is 0 Å². The van der Waals surface area contributed by atoms with Crippen LogP contribution in [0.25, 0.3) is 11.1 Å². The van der Waals surface area contributed by atoms with Gasteiger partial charge in [0.2, 0.25) is 0 Å². The average molecular weight is 332 g/mol. The number of aromatic amines is 1. The van der Waals surface area contributed by atoms with Gasteiger partial charge < -0.3 is 10.1 Å². The van der Waals surface area contributed by atoms with E-state index in [1.165, 1.54) is 16.7 Å². The fraction of sp³-hybridized carbons (Fsp3) is 0.150. The molecule has 0 bridgehead atoms. The van der Waals surface area contributed by atoms with Gasteiger partial charge >= 0.3 is 0 Å². The Morgan fingerprint density at radius 3 is 2.64 bits per heavy atom. The van der Waals surface area contributed by atoms with Crippen LogP contribution in [-0.2, 0) is 13.0 Å². The molecule has 5 heteroatoms. The molecular weight excluding hydrogens is 312 g/mol. The second-order valence-corrected chi connectivity index (χ2v) is 6.05. The molecule has 0 unspecified atom stereocenters. The Balaban J connectivity index is 1.52. The number of nitrogens with one attached hydrogen (secondary N) is 2. The average Bonchev–Trinajstić information content (AvgIpc) is 3.08. The lowest BCUT2D eigenvalue weighted by molar-refractivity contribution is 0.299. The zero-order valence-corrected chi connectivity index (χ0v) is 13.8. The summed E-state index contributed by atoms with van der Waals surface area (Å²) in [7, 11) is 0. The number of hydrogen-bond donors (Lipinski definition) is 3. The monoisotopic (exact) mass is 332 g/mol. The van der Waals surface area contributed by atoms with Crippen LogP contribution in [0.4, 0.5) is 11.5 Å². The highest BCUT2D eigenvalue weighted by Gasteiger charge is 2.18. The van der Waals surface area contributed by atoms with Gasteiger partial charge in [-0.1, -0.05) is 42.5 Å². The normalized spacial score (nSPS) is 12.9. The third-order valence-corrected chi connectivity index (χ3v) is 4.33. The second kappa shape index (κ2) is 6.83. The molecule has 0 aliphatic carbocycles. The summed E-state index contributed by atoms with van der Waals surface area (Å²) in [5, 5.41) is 11.0. The molecule has 5 nitrogen and oxygen atoms in total. The first-order valence-corrected chi connectivity index (χ1v) is 8.36. The Bertz CT molecular complexity index is 868. The minimum absolute atomic E-state index is 0.171. The number of H-pyrrole nitrogens is 1. The van der Waals surface area contributed by atoms with E-state index in [0.29, 0.717) is 6.42 Å². The lowest BCUT2D eigenvalue weighted by atomic mass is 10.0. The predicted molar refractivity (Wildman–Crippen MR) is 101 cm³/mol. The molecule has 3 N–H and O–H groups in total. The number of fused-ring (bicyclic) bond motifs is 1. The van der Waals surface area contributed by atoms with Gasteiger partial charge in [-0.2, -0.15) is 0 Å². The molecule has 0 spiro atoms. The minimum atomic E-state index is 0.171. The summed E-state index contributed by atoms with van der Waals surface area (Å²) in [5.41, 5.74) is 9.03. The summed E-state index contributed by atoms with van der Waals surface area (Å²) >= 11 is 0. The Morgan fingerprint density at radius 1 is 1.08 bits per heavy atom. The molecule has 2 heterocycles. The molecule has 0 saturated heterocycles. The highest BCUT2D eigenvalue weighted by molar-refractivity contribution is 5.77. The number of aliphatic hydroxyl groups is 1. The van der Waals surface area contributed by atoms with E-state index in [-0.39, 0.29) is 6.61 Å². The van der Waals surface area contributed by atoms with Crippen molar-refractivity contribution >= 4 is 17.8 Å². The van der Waals surface area contributed by atoms with E-state index >= 15 is 0 Å². The fourth-order valence-electron chi connectivity index (χ4n) is 3.04. The molecule has 126 valence electrons. The van der Waals surface area contributed by atoms with Gasteiger partial charge in [-0.3, -0.25) is 10.4 Å². The van der Waals surface area contributed by atoms with Crippen molar-refractivity contribution in [1.29, 1.82) is 0 Å². The summed E-state index contributed by atoms with van der Waals surface area (Å²) in [5.74, 6) is 0.912. The highest BCUT2D eigenvalue weighted by atomic mass is 16.2. The topological polar surface area (TPSA) is 63.6 Å². The van der Waals surface area contributed by atoms with Crippen molar-refractivity contribution in [1.82, 2.24) is 9.99 Å². The van der Waals surface area contributed by atoms with Crippen molar-refractivity contribution in [2.75, 3.05) is 12.0 Å². The van der Waals surface area contributed by atoms with E-state index in [4.69, 9.17) is 5.11 Å². The van der Waals surface area contributed by atoms with E-state index in [2.05, 4.69) is 27.5 Å². The van der Waals surface area contributed by atoms with Crippen LogP contribution in [0.15, 0.2) is 65.8 Å². The molecule has 4 rings (SSSR count). The molecule has 1 aliphatic rings. The van der Waals surface area contributed by atoms with Crippen LogP contribution < -0.4 is 5.43 Å². The first kappa shape index (κ1) is 15.5. The first-order valence-electron chi connectivity index (χ1n) is 8.36. The third kappa shape index (κ3) is 3.27. The molecule has 0 fully saturated rings. The van der Waals surface area contributed by atoms with Gasteiger partial charge in [0.15, 0.2) is 0 Å². The molecule has 1 aromatic heterocycles. The maximum atomic E-state index is 9.00. The zero-order valence-electron chi connectivity index (χ0n) is 13.8. The van der Waals surface area contributed by atoms with E-state index in [1.54, 1.807) is 6.34 Å². The van der Waals surface area contributed by atoms with Crippen molar-refractivity contribution in [2.45, 2.75) is 13.0 Å². The lowest BCUT2D eigenvalue weighted by Gasteiger charge is -2.25. The third-order valence-electron chi connectivity index (χ3n) is 4.33. The minimum Gasteiger partial charge on any atom is -0.396 e. The Labute approximate surface area is 146 Å². The van der Waals surface area contributed by atoms with Gasteiger partial charge in [-0.05, 0) is 29.7 Å². The largest absolute Gasteiger partial charge is 0.396 e. The molecular formula is C20H20N4O. The van der Waals surface area contributed by atoms with Crippen molar-refractivity contribution < 1.29 is 5.11 Å². The van der Waals surface area contributed by atoms with E-state index in [9.17, 15) is 0 Å². The summed E-state index contributed by atoms with van der Waals surface area (Å²) in [4.78, 5) is 7.77. The van der Waals surface area contributed by atoms with E-state index < -0.39 is 0 Å². The number of aliphatic imine (C=N–C) groups is 1. The summed E-state index contributed by atoms with van der Waals surface area (Å²) in [6.45, 7) is 0.898. The highest BCUT2D eigenvalue weighted by Crippen LogP contribution is 2.33. The maximum absolute atomic E-state index is 9.00. The van der Waals surface area contributed by atoms with Crippen LogP contribution in [0.5, 0.6) is 0 Å². The molecule has 3 aromatic rings. The van der Waals surface area contributed by atoms with Crippen LogP contribution in [0.2, 0.25) is 0 Å². The number of nitrogens with zero attached hydrogens (tertiary/aromatic N) is 2.